The molecule has 7 heteroatoms. The first-order valence-electron chi connectivity index (χ1n) is 5.53. The molecular formula is C13H10F3N3O. The van der Waals surface area contributed by atoms with Gasteiger partial charge < -0.3 is 10.5 Å². The van der Waals surface area contributed by atoms with Crippen LogP contribution in [-0.2, 0) is 6.18 Å². The molecule has 0 saturated carbocycles. The molecule has 1 aromatic carbocycles. The van der Waals surface area contributed by atoms with E-state index in [2.05, 4.69) is 4.98 Å². The first-order valence-corrected chi connectivity index (χ1v) is 5.53. The first-order chi connectivity index (χ1) is 9.36. The molecule has 1 heterocycles. The van der Waals surface area contributed by atoms with Gasteiger partial charge in [-0.3, -0.25) is 5.41 Å². The number of halogens is 3. The molecule has 0 aliphatic heterocycles. The van der Waals surface area contributed by atoms with Gasteiger partial charge in [-0.25, -0.2) is 4.98 Å². The summed E-state index contributed by atoms with van der Waals surface area (Å²) in [5.74, 6) is -0.176. The topological polar surface area (TPSA) is 72.0 Å². The van der Waals surface area contributed by atoms with Crippen LogP contribution in [0.5, 0.6) is 11.6 Å². The van der Waals surface area contributed by atoms with Gasteiger partial charge in [0.25, 0.3) is 0 Å². The van der Waals surface area contributed by atoms with Crippen molar-refractivity contribution >= 4 is 5.84 Å². The molecule has 0 fully saturated rings. The van der Waals surface area contributed by atoms with Gasteiger partial charge in [0, 0.05) is 6.07 Å². The zero-order valence-electron chi connectivity index (χ0n) is 10.1. The Bertz CT molecular complexity index is 641. The minimum Gasteiger partial charge on any atom is -0.439 e. The second-order valence-corrected chi connectivity index (χ2v) is 3.90. The number of ether oxygens (including phenoxy) is 1. The molecule has 0 radical (unpaired) electrons. The minimum absolute atomic E-state index is 0.00743. The maximum absolute atomic E-state index is 12.6. The van der Waals surface area contributed by atoms with Crippen molar-refractivity contribution in [2.45, 2.75) is 6.18 Å². The molecular weight excluding hydrogens is 271 g/mol. The summed E-state index contributed by atoms with van der Waals surface area (Å²) in [5.41, 5.74) is 4.66. The summed E-state index contributed by atoms with van der Waals surface area (Å²) in [6.07, 6.45) is -4.44. The van der Waals surface area contributed by atoms with Gasteiger partial charge in [0.1, 0.15) is 17.3 Å². The van der Waals surface area contributed by atoms with Gasteiger partial charge in [0.05, 0.1) is 5.56 Å². The number of nitrogens with zero attached hydrogens (tertiary/aromatic N) is 1. The van der Waals surface area contributed by atoms with Gasteiger partial charge in [0.15, 0.2) is 0 Å². The van der Waals surface area contributed by atoms with E-state index in [-0.39, 0.29) is 23.2 Å². The number of rotatable bonds is 3. The molecule has 0 unspecified atom stereocenters. The number of hydrogen-bond donors (Lipinski definition) is 2. The van der Waals surface area contributed by atoms with E-state index in [0.29, 0.717) is 0 Å². The lowest BCUT2D eigenvalue weighted by atomic mass is 10.2. The Morgan fingerprint density at radius 1 is 1.15 bits per heavy atom. The Hall–Kier alpha value is -2.57. The number of nitrogens with one attached hydrogen (secondary N) is 1. The average molecular weight is 281 g/mol. The molecule has 0 aliphatic carbocycles. The summed E-state index contributed by atoms with van der Waals surface area (Å²) in [4.78, 5) is 3.91. The third-order valence-corrected chi connectivity index (χ3v) is 2.38. The van der Waals surface area contributed by atoms with Gasteiger partial charge in [-0.1, -0.05) is 12.1 Å². The van der Waals surface area contributed by atoms with Crippen molar-refractivity contribution in [3.05, 3.63) is 53.7 Å². The van der Waals surface area contributed by atoms with Crippen LogP contribution in [-0.4, -0.2) is 10.8 Å². The van der Waals surface area contributed by atoms with Crippen LogP contribution < -0.4 is 10.5 Å². The lowest BCUT2D eigenvalue weighted by Crippen LogP contribution is -2.13. The number of pyridine rings is 1. The summed E-state index contributed by atoms with van der Waals surface area (Å²) >= 11 is 0. The lowest BCUT2D eigenvalue weighted by molar-refractivity contribution is -0.137. The van der Waals surface area contributed by atoms with Gasteiger partial charge in [-0.15, -0.1) is 0 Å². The Morgan fingerprint density at radius 3 is 2.50 bits per heavy atom. The monoisotopic (exact) mass is 281 g/mol. The zero-order chi connectivity index (χ0) is 14.8. The Balaban J connectivity index is 2.26. The predicted molar refractivity (Wildman–Crippen MR) is 66.8 cm³/mol. The van der Waals surface area contributed by atoms with Crippen LogP contribution in [0.4, 0.5) is 13.2 Å². The number of hydrogen-bond acceptors (Lipinski definition) is 3. The first kappa shape index (κ1) is 13.9. The van der Waals surface area contributed by atoms with E-state index >= 15 is 0 Å². The van der Waals surface area contributed by atoms with Crippen molar-refractivity contribution in [2.24, 2.45) is 5.73 Å². The van der Waals surface area contributed by atoms with E-state index < -0.39 is 11.7 Å². The summed E-state index contributed by atoms with van der Waals surface area (Å²) in [6.45, 7) is 0. The molecule has 20 heavy (non-hydrogen) atoms. The third-order valence-electron chi connectivity index (χ3n) is 2.38. The van der Waals surface area contributed by atoms with Crippen molar-refractivity contribution in [3.8, 4) is 11.6 Å². The molecule has 1 aromatic heterocycles. The highest BCUT2D eigenvalue weighted by Gasteiger charge is 2.30. The number of benzene rings is 1. The van der Waals surface area contributed by atoms with Gasteiger partial charge in [0.2, 0.25) is 5.88 Å². The van der Waals surface area contributed by atoms with Crippen molar-refractivity contribution in [1.29, 1.82) is 5.41 Å². The SMILES string of the molecule is N=C(N)c1cccc(Oc2cccc(C(F)(F)F)c2)n1. The average Bonchev–Trinajstić information content (AvgIpc) is 2.38. The molecule has 0 aliphatic rings. The van der Waals surface area contributed by atoms with Crippen molar-refractivity contribution in [2.75, 3.05) is 0 Å². The van der Waals surface area contributed by atoms with Crippen LogP contribution in [0.2, 0.25) is 0 Å². The van der Waals surface area contributed by atoms with Gasteiger partial charge in [-0.2, -0.15) is 13.2 Å². The van der Waals surface area contributed by atoms with E-state index in [1.807, 2.05) is 0 Å². The van der Waals surface area contributed by atoms with Gasteiger partial charge >= 0.3 is 6.18 Å². The summed E-state index contributed by atoms with van der Waals surface area (Å²) in [5, 5.41) is 7.24. The van der Waals surface area contributed by atoms with Crippen LogP contribution in [0.3, 0.4) is 0 Å². The molecule has 0 saturated heterocycles. The minimum atomic E-state index is -4.44. The normalized spacial score (nSPS) is 11.2. The Morgan fingerprint density at radius 2 is 1.85 bits per heavy atom. The maximum Gasteiger partial charge on any atom is 0.416 e. The number of aromatic nitrogens is 1. The van der Waals surface area contributed by atoms with Crippen LogP contribution in [0.1, 0.15) is 11.3 Å². The standard InChI is InChI=1S/C13H10F3N3O/c14-13(15,16)8-3-1-4-9(7-8)20-11-6-2-5-10(19-11)12(17)18/h1-7H,(H3,17,18). The molecule has 2 aromatic rings. The molecule has 104 valence electrons. The highest BCUT2D eigenvalue weighted by atomic mass is 19.4. The summed E-state index contributed by atoms with van der Waals surface area (Å²) < 4.78 is 42.9. The number of alkyl halides is 3. The molecule has 0 bridgehead atoms. The highest BCUT2D eigenvalue weighted by molar-refractivity contribution is 5.93. The van der Waals surface area contributed by atoms with Crippen LogP contribution in [0, 0.1) is 5.41 Å². The van der Waals surface area contributed by atoms with E-state index in [1.165, 1.54) is 24.3 Å². The summed E-state index contributed by atoms with van der Waals surface area (Å²) in [6, 6.07) is 8.97. The van der Waals surface area contributed by atoms with Crippen molar-refractivity contribution in [3.63, 3.8) is 0 Å². The van der Waals surface area contributed by atoms with Crippen LogP contribution in [0.15, 0.2) is 42.5 Å². The second kappa shape index (κ2) is 5.20. The number of amidine groups is 1. The summed E-state index contributed by atoms with van der Waals surface area (Å²) in [7, 11) is 0. The highest BCUT2D eigenvalue weighted by Crippen LogP contribution is 2.32. The Labute approximate surface area is 112 Å². The Kier molecular flexibility index (Phi) is 3.60. The maximum atomic E-state index is 12.6. The quantitative estimate of drug-likeness (QED) is 0.670. The second-order valence-electron chi connectivity index (χ2n) is 3.90. The predicted octanol–water partition coefficient (Wildman–Crippen LogP) is 3.18. The molecule has 4 nitrogen and oxygen atoms in total. The number of nitrogen functional groups attached to an aromatic ring is 1. The van der Waals surface area contributed by atoms with E-state index in [0.717, 1.165) is 12.1 Å². The smallest absolute Gasteiger partial charge is 0.416 e. The van der Waals surface area contributed by atoms with E-state index in [1.54, 1.807) is 6.07 Å². The lowest BCUT2D eigenvalue weighted by Gasteiger charge is -2.09. The largest absolute Gasteiger partial charge is 0.439 e. The van der Waals surface area contributed by atoms with Gasteiger partial charge in [-0.05, 0) is 24.3 Å². The zero-order valence-corrected chi connectivity index (χ0v) is 10.1. The third kappa shape index (κ3) is 3.25. The fourth-order valence-electron chi connectivity index (χ4n) is 1.48. The number of nitrogens with two attached hydrogens (primary N) is 1. The van der Waals surface area contributed by atoms with E-state index in [4.69, 9.17) is 15.9 Å². The molecule has 0 amide bonds. The van der Waals surface area contributed by atoms with Crippen molar-refractivity contribution in [1.82, 2.24) is 4.98 Å². The van der Waals surface area contributed by atoms with Crippen LogP contribution >= 0.6 is 0 Å². The molecule has 3 N–H and O–H groups in total. The van der Waals surface area contributed by atoms with Crippen LogP contribution in [0.25, 0.3) is 0 Å². The molecule has 2 rings (SSSR count). The fraction of sp³-hybridized carbons (Fsp3) is 0.0769. The van der Waals surface area contributed by atoms with E-state index in [9.17, 15) is 13.2 Å². The molecule has 0 atom stereocenters. The fourth-order valence-corrected chi connectivity index (χ4v) is 1.48. The van der Waals surface area contributed by atoms with Crippen molar-refractivity contribution < 1.29 is 17.9 Å². The molecule has 0 spiro atoms.